The fourth-order valence-corrected chi connectivity index (χ4v) is 4.04. The van der Waals surface area contributed by atoms with Gasteiger partial charge in [0, 0.05) is 26.3 Å². The molecule has 0 N–H and O–H groups in total. The molecular weight excluding hydrogens is 506 g/mol. The van der Waals surface area contributed by atoms with Crippen LogP contribution in [0.4, 0.5) is 0 Å². The zero-order valence-corrected chi connectivity index (χ0v) is 18.9. The largest absolute Gasteiger partial charge is 0.305 e. The zero-order chi connectivity index (χ0) is 18.4. The van der Waals surface area contributed by atoms with Gasteiger partial charge in [-0.1, -0.05) is 70.5 Å². The van der Waals surface area contributed by atoms with Gasteiger partial charge in [0.2, 0.25) is 0 Å². The van der Waals surface area contributed by atoms with Crippen LogP contribution >= 0.6 is 0 Å². The Morgan fingerprint density at radius 2 is 1.48 bits per heavy atom. The third-order valence-electron chi connectivity index (χ3n) is 5.93. The average Bonchev–Trinajstić information content (AvgIpc) is 2.66. The van der Waals surface area contributed by atoms with Crippen molar-refractivity contribution in [1.82, 2.24) is 4.98 Å². The predicted molar refractivity (Wildman–Crippen MR) is 109 cm³/mol. The van der Waals surface area contributed by atoms with E-state index >= 15 is 0 Å². The molecule has 0 spiro atoms. The second-order valence-electron chi connectivity index (χ2n) is 8.74. The molecule has 0 saturated carbocycles. The second kappa shape index (κ2) is 7.34. The summed E-state index contributed by atoms with van der Waals surface area (Å²) in [7, 11) is 0. The summed E-state index contributed by atoms with van der Waals surface area (Å²) in [6, 6.07) is 22.8. The van der Waals surface area contributed by atoms with Crippen LogP contribution in [-0.2, 0) is 30.9 Å². The van der Waals surface area contributed by atoms with Gasteiger partial charge in [0.25, 0.3) is 0 Å². The first-order valence-corrected chi connectivity index (χ1v) is 9.45. The van der Waals surface area contributed by atoms with E-state index in [1.807, 2.05) is 12.3 Å². The fraction of sp³-hybridized carbons (Fsp3) is 0.320. The smallest absolute Gasteiger partial charge is 0.0166 e. The quantitative estimate of drug-likeness (QED) is 0.341. The first-order chi connectivity index (χ1) is 12.4. The number of aromatic nitrogens is 1. The van der Waals surface area contributed by atoms with Crippen molar-refractivity contribution in [3.8, 4) is 22.4 Å². The van der Waals surface area contributed by atoms with Crippen molar-refractivity contribution in [1.29, 1.82) is 0 Å². The van der Waals surface area contributed by atoms with Crippen LogP contribution in [0, 0.1) is 6.07 Å². The number of nitrogens with zero attached hydrogens (tertiary/aromatic N) is 1. The molecule has 1 aliphatic rings. The molecule has 0 bridgehead atoms. The van der Waals surface area contributed by atoms with E-state index in [1.165, 1.54) is 35.1 Å². The van der Waals surface area contributed by atoms with Crippen molar-refractivity contribution < 1.29 is 20.1 Å². The Kier molecular flexibility index (Phi) is 5.43. The van der Waals surface area contributed by atoms with Crippen LogP contribution in [0.2, 0.25) is 0 Å². The van der Waals surface area contributed by atoms with Crippen LogP contribution in [0.25, 0.3) is 22.4 Å². The Morgan fingerprint density at radius 1 is 0.815 bits per heavy atom. The Morgan fingerprint density at radius 3 is 2.19 bits per heavy atom. The number of hydrogen-bond acceptors (Lipinski definition) is 1. The van der Waals surface area contributed by atoms with E-state index < -0.39 is 0 Å². The summed E-state index contributed by atoms with van der Waals surface area (Å²) >= 11 is 0. The molecule has 2 heteroatoms. The van der Waals surface area contributed by atoms with Gasteiger partial charge >= 0.3 is 0 Å². The van der Waals surface area contributed by atoms with Crippen molar-refractivity contribution in [2.75, 3.05) is 0 Å². The molecule has 1 aliphatic carbocycles. The van der Waals surface area contributed by atoms with Crippen LogP contribution in [0.3, 0.4) is 0 Å². The minimum absolute atomic E-state index is 0. The van der Waals surface area contributed by atoms with Crippen LogP contribution < -0.4 is 0 Å². The van der Waals surface area contributed by atoms with Gasteiger partial charge in [-0.05, 0) is 40.1 Å². The summed E-state index contributed by atoms with van der Waals surface area (Å²) in [6.07, 6.45) is 4.34. The van der Waals surface area contributed by atoms with E-state index in [-0.39, 0.29) is 30.9 Å². The number of fused-ring (bicyclic) bond motifs is 1. The van der Waals surface area contributed by atoms with Crippen molar-refractivity contribution in [2.45, 2.75) is 51.4 Å². The summed E-state index contributed by atoms with van der Waals surface area (Å²) < 4.78 is 0. The van der Waals surface area contributed by atoms with E-state index in [2.05, 4.69) is 87.3 Å². The first kappa shape index (κ1) is 20.0. The molecule has 0 amide bonds. The van der Waals surface area contributed by atoms with Crippen LogP contribution in [0.15, 0.2) is 60.8 Å². The van der Waals surface area contributed by atoms with E-state index in [0.717, 1.165) is 11.3 Å². The third-order valence-corrected chi connectivity index (χ3v) is 5.93. The maximum Gasteiger partial charge on any atom is 0.0166 e. The summed E-state index contributed by atoms with van der Waals surface area (Å²) in [5, 5.41) is 0. The maximum atomic E-state index is 4.64. The minimum atomic E-state index is 0. The van der Waals surface area contributed by atoms with Crippen LogP contribution in [0.1, 0.15) is 51.7 Å². The Labute approximate surface area is 176 Å². The molecule has 0 saturated heterocycles. The molecule has 0 atom stereocenters. The van der Waals surface area contributed by atoms with Crippen molar-refractivity contribution >= 4 is 0 Å². The van der Waals surface area contributed by atoms with E-state index in [9.17, 15) is 0 Å². The molecular formula is C25H26IrN-. The normalized spacial score (nSPS) is 16.9. The number of pyridine rings is 1. The molecule has 141 valence electrons. The Balaban J connectivity index is 0.00000210. The Bertz CT molecular complexity index is 942. The molecule has 27 heavy (non-hydrogen) atoms. The van der Waals surface area contributed by atoms with E-state index in [0.29, 0.717) is 0 Å². The topological polar surface area (TPSA) is 12.9 Å². The molecule has 0 fully saturated rings. The molecule has 1 heterocycles. The Hall–Kier alpha value is -1.76. The average molecular weight is 533 g/mol. The zero-order valence-electron chi connectivity index (χ0n) is 16.5. The fourth-order valence-electron chi connectivity index (χ4n) is 4.04. The van der Waals surface area contributed by atoms with Gasteiger partial charge in [-0.3, -0.25) is 0 Å². The van der Waals surface area contributed by atoms with Gasteiger partial charge in [0.05, 0.1) is 0 Å². The van der Waals surface area contributed by atoms with Crippen molar-refractivity contribution in [3.63, 3.8) is 0 Å². The van der Waals surface area contributed by atoms with Crippen LogP contribution in [0.5, 0.6) is 0 Å². The number of hydrogen-bond donors (Lipinski definition) is 0. The van der Waals surface area contributed by atoms with E-state index in [1.54, 1.807) is 0 Å². The summed E-state index contributed by atoms with van der Waals surface area (Å²) in [6.45, 7) is 9.42. The van der Waals surface area contributed by atoms with Crippen molar-refractivity contribution in [3.05, 3.63) is 78.0 Å². The molecule has 1 radical (unpaired) electrons. The third kappa shape index (κ3) is 3.79. The molecule has 1 aromatic heterocycles. The van der Waals surface area contributed by atoms with Gasteiger partial charge in [-0.25, -0.2) is 0 Å². The number of rotatable bonds is 2. The van der Waals surface area contributed by atoms with Gasteiger partial charge < -0.3 is 4.98 Å². The second-order valence-corrected chi connectivity index (χ2v) is 8.74. The molecule has 4 rings (SSSR count). The molecule has 2 aromatic carbocycles. The molecule has 0 aliphatic heterocycles. The molecule has 0 unspecified atom stereocenters. The number of benzene rings is 2. The van der Waals surface area contributed by atoms with Gasteiger partial charge in [-0.15, -0.1) is 34.9 Å². The monoisotopic (exact) mass is 533 g/mol. The summed E-state index contributed by atoms with van der Waals surface area (Å²) in [4.78, 5) is 4.64. The van der Waals surface area contributed by atoms with Gasteiger partial charge in [0.1, 0.15) is 0 Å². The van der Waals surface area contributed by atoms with Gasteiger partial charge in [-0.2, -0.15) is 0 Å². The standard InChI is InChI=1S/C25H26N.Ir/c1-24(2)13-14-25(3,4)22-16-20(10-11-21(22)24)23-17-19(12-15-26-23)18-8-6-5-7-9-18;/h5-9,11-12,15-17H,13-14H2,1-4H3;/q-1;. The SMILES string of the molecule is CC1(C)CCC(C)(C)c2cc(-c3cc(-c4ccccc4)ccn3)[c-]cc21.[Ir]. The summed E-state index contributed by atoms with van der Waals surface area (Å²) in [5.41, 5.74) is 7.81. The van der Waals surface area contributed by atoms with Crippen molar-refractivity contribution in [2.24, 2.45) is 0 Å². The van der Waals surface area contributed by atoms with E-state index in [4.69, 9.17) is 0 Å². The molecule has 1 nitrogen and oxygen atoms in total. The molecule has 3 aromatic rings. The first-order valence-electron chi connectivity index (χ1n) is 9.45. The predicted octanol–water partition coefficient (Wildman–Crippen LogP) is 6.56. The maximum absolute atomic E-state index is 4.64. The summed E-state index contributed by atoms with van der Waals surface area (Å²) in [5.74, 6) is 0. The van der Waals surface area contributed by atoms with Crippen LogP contribution in [-0.4, -0.2) is 4.98 Å². The van der Waals surface area contributed by atoms with Gasteiger partial charge in [0.15, 0.2) is 0 Å². The minimum Gasteiger partial charge on any atom is -0.305 e.